The predicted octanol–water partition coefficient (Wildman–Crippen LogP) is 1.90. The first-order valence-electron chi connectivity index (χ1n) is 5.49. The van der Waals surface area contributed by atoms with Crippen LogP contribution in [0.2, 0.25) is 5.02 Å². The Morgan fingerprint density at radius 1 is 1.53 bits per heavy atom. The lowest BCUT2D eigenvalue weighted by atomic mass is 10.1. The second-order valence-corrected chi connectivity index (χ2v) is 4.83. The van der Waals surface area contributed by atoms with Gasteiger partial charge in [0.05, 0.1) is 10.6 Å². The van der Waals surface area contributed by atoms with E-state index in [1.165, 1.54) is 18.2 Å². The number of rotatable bonds is 1. The number of halogens is 2. The van der Waals surface area contributed by atoms with Crippen LogP contribution in [0.3, 0.4) is 0 Å². The zero-order valence-corrected chi connectivity index (χ0v) is 10.2. The normalized spacial score (nSPS) is 24.1. The molecule has 1 aromatic carbocycles. The Kier molecular flexibility index (Phi) is 3.35. The number of nitrogens with zero attached hydrogens (tertiary/aromatic N) is 1. The van der Waals surface area contributed by atoms with E-state index in [1.54, 1.807) is 4.90 Å². The van der Waals surface area contributed by atoms with Gasteiger partial charge in [-0.25, -0.2) is 4.39 Å². The standard InChI is InChI=1S/C12H14ClFN2O/c1-7-5-16(6-10(7)15)12(17)8-3-2-4-9(14)11(8)13/h2-4,7,10H,5-6,15H2,1H3. The average molecular weight is 257 g/mol. The highest BCUT2D eigenvalue weighted by Crippen LogP contribution is 2.24. The first kappa shape index (κ1) is 12.3. The lowest BCUT2D eigenvalue weighted by molar-refractivity contribution is 0.0786. The van der Waals surface area contributed by atoms with Crippen molar-refractivity contribution >= 4 is 17.5 Å². The third-order valence-electron chi connectivity index (χ3n) is 3.14. The maximum absolute atomic E-state index is 13.3. The van der Waals surface area contributed by atoms with Gasteiger partial charge in [0.1, 0.15) is 5.82 Å². The molecule has 1 fully saturated rings. The smallest absolute Gasteiger partial charge is 0.255 e. The van der Waals surface area contributed by atoms with Crippen LogP contribution in [-0.4, -0.2) is 29.9 Å². The van der Waals surface area contributed by atoms with Crippen LogP contribution in [0.15, 0.2) is 18.2 Å². The van der Waals surface area contributed by atoms with Crippen molar-refractivity contribution in [3.8, 4) is 0 Å². The van der Waals surface area contributed by atoms with E-state index < -0.39 is 5.82 Å². The number of benzene rings is 1. The van der Waals surface area contributed by atoms with Crippen molar-refractivity contribution in [1.29, 1.82) is 0 Å². The van der Waals surface area contributed by atoms with Crippen molar-refractivity contribution in [2.75, 3.05) is 13.1 Å². The van der Waals surface area contributed by atoms with E-state index in [-0.39, 0.29) is 28.5 Å². The average Bonchev–Trinajstić information content (AvgIpc) is 2.62. The number of amides is 1. The van der Waals surface area contributed by atoms with Crippen LogP contribution in [0, 0.1) is 11.7 Å². The molecule has 0 aliphatic carbocycles. The van der Waals surface area contributed by atoms with E-state index >= 15 is 0 Å². The Balaban J connectivity index is 2.24. The minimum atomic E-state index is -0.575. The van der Waals surface area contributed by atoms with Gasteiger partial charge in [0.15, 0.2) is 0 Å². The fourth-order valence-corrected chi connectivity index (χ4v) is 2.20. The minimum Gasteiger partial charge on any atom is -0.337 e. The molecule has 2 rings (SSSR count). The molecule has 2 N–H and O–H groups in total. The van der Waals surface area contributed by atoms with Crippen molar-refractivity contribution in [2.24, 2.45) is 11.7 Å². The van der Waals surface area contributed by atoms with Crippen LogP contribution >= 0.6 is 11.6 Å². The van der Waals surface area contributed by atoms with E-state index in [9.17, 15) is 9.18 Å². The summed E-state index contributed by atoms with van der Waals surface area (Å²) in [6.07, 6.45) is 0. The molecule has 1 aliphatic rings. The van der Waals surface area contributed by atoms with Crippen LogP contribution in [0.1, 0.15) is 17.3 Å². The molecule has 2 atom stereocenters. The zero-order chi connectivity index (χ0) is 12.6. The number of carbonyl (C=O) groups excluding carboxylic acids is 1. The molecule has 2 unspecified atom stereocenters. The lowest BCUT2D eigenvalue weighted by Crippen LogP contribution is -2.32. The van der Waals surface area contributed by atoms with Crippen LogP contribution in [-0.2, 0) is 0 Å². The molecular formula is C12H14ClFN2O. The van der Waals surface area contributed by atoms with E-state index in [4.69, 9.17) is 17.3 Å². The molecule has 1 saturated heterocycles. The van der Waals surface area contributed by atoms with Crippen molar-refractivity contribution in [3.63, 3.8) is 0 Å². The summed E-state index contributed by atoms with van der Waals surface area (Å²) in [6.45, 7) is 3.07. The maximum Gasteiger partial charge on any atom is 0.255 e. The summed E-state index contributed by atoms with van der Waals surface area (Å²) in [6, 6.07) is 4.22. The number of likely N-dealkylation sites (tertiary alicyclic amines) is 1. The monoisotopic (exact) mass is 256 g/mol. The molecule has 1 amide bonds. The van der Waals surface area contributed by atoms with Gasteiger partial charge >= 0.3 is 0 Å². The number of nitrogens with two attached hydrogens (primary N) is 1. The number of hydrogen-bond donors (Lipinski definition) is 1. The summed E-state index contributed by atoms with van der Waals surface area (Å²) in [5, 5.41) is -0.120. The Hall–Kier alpha value is -1.13. The summed E-state index contributed by atoms with van der Waals surface area (Å²) >= 11 is 5.79. The first-order valence-corrected chi connectivity index (χ1v) is 5.87. The third kappa shape index (κ3) is 2.28. The third-order valence-corrected chi connectivity index (χ3v) is 3.52. The van der Waals surface area contributed by atoms with E-state index in [1.807, 2.05) is 6.92 Å². The quantitative estimate of drug-likeness (QED) is 0.834. The number of carbonyl (C=O) groups is 1. The van der Waals surface area contributed by atoms with Gasteiger partial charge in [0.25, 0.3) is 5.91 Å². The van der Waals surface area contributed by atoms with Crippen LogP contribution in [0.5, 0.6) is 0 Å². The van der Waals surface area contributed by atoms with Crippen molar-refractivity contribution in [3.05, 3.63) is 34.6 Å². The largest absolute Gasteiger partial charge is 0.337 e. The first-order chi connectivity index (χ1) is 8.00. The highest BCUT2D eigenvalue weighted by Gasteiger charge is 2.31. The molecule has 1 aromatic rings. The Labute approximate surface area is 104 Å². The highest BCUT2D eigenvalue weighted by atomic mass is 35.5. The molecule has 0 bridgehead atoms. The van der Waals surface area contributed by atoms with E-state index in [0.717, 1.165) is 0 Å². The maximum atomic E-state index is 13.3. The van der Waals surface area contributed by atoms with Gasteiger partial charge in [-0.3, -0.25) is 4.79 Å². The van der Waals surface area contributed by atoms with Gasteiger partial charge in [0.2, 0.25) is 0 Å². The molecular weight excluding hydrogens is 243 g/mol. The molecule has 1 aliphatic heterocycles. The second-order valence-electron chi connectivity index (χ2n) is 4.45. The van der Waals surface area contributed by atoms with E-state index in [2.05, 4.69) is 0 Å². The second kappa shape index (κ2) is 4.63. The summed E-state index contributed by atoms with van der Waals surface area (Å²) < 4.78 is 13.3. The van der Waals surface area contributed by atoms with Crippen LogP contribution in [0.25, 0.3) is 0 Å². The highest BCUT2D eigenvalue weighted by molar-refractivity contribution is 6.34. The number of hydrogen-bond acceptors (Lipinski definition) is 2. The van der Waals surface area contributed by atoms with Gasteiger partial charge < -0.3 is 10.6 Å². The summed E-state index contributed by atoms with van der Waals surface area (Å²) in [5.74, 6) is -0.574. The lowest BCUT2D eigenvalue weighted by Gasteiger charge is -2.16. The molecule has 17 heavy (non-hydrogen) atoms. The van der Waals surface area contributed by atoms with Crippen molar-refractivity contribution < 1.29 is 9.18 Å². The fraction of sp³-hybridized carbons (Fsp3) is 0.417. The zero-order valence-electron chi connectivity index (χ0n) is 9.49. The molecule has 0 spiro atoms. The van der Waals surface area contributed by atoms with Crippen molar-refractivity contribution in [1.82, 2.24) is 4.90 Å². The van der Waals surface area contributed by atoms with Gasteiger partial charge in [-0.1, -0.05) is 24.6 Å². The van der Waals surface area contributed by atoms with Gasteiger partial charge in [-0.15, -0.1) is 0 Å². The van der Waals surface area contributed by atoms with Gasteiger partial charge in [-0.05, 0) is 18.1 Å². The van der Waals surface area contributed by atoms with Gasteiger partial charge in [0, 0.05) is 19.1 Å². The van der Waals surface area contributed by atoms with Crippen LogP contribution in [0.4, 0.5) is 4.39 Å². The summed E-state index contributed by atoms with van der Waals surface area (Å²) in [4.78, 5) is 13.8. The topological polar surface area (TPSA) is 46.3 Å². The molecule has 3 nitrogen and oxygen atoms in total. The molecule has 0 saturated carbocycles. The molecule has 0 aromatic heterocycles. The molecule has 5 heteroatoms. The Bertz CT molecular complexity index is 442. The van der Waals surface area contributed by atoms with Crippen LogP contribution < -0.4 is 5.73 Å². The molecule has 1 heterocycles. The molecule has 92 valence electrons. The summed E-state index contributed by atoms with van der Waals surface area (Å²) in [5.41, 5.74) is 6.05. The Morgan fingerprint density at radius 2 is 2.24 bits per heavy atom. The minimum absolute atomic E-state index is 0.0220. The molecule has 0 radical (unpaired) electrons. The summed E-state index contributed by atoms with van der Waals surface area (Å²) in [7, 11) is 0. The predicted molar refractivity (Wildman–Crippen MR) is 64.5 cm³/mol. The fourth-order valence-electron chi connectivity index (χ4n) is 2.00. The van der Waals surface area contributed by atoms with E-state index in [0.29, 0.717) is 13.1 Å². The SMILES string of the molecule is CC1CN(C(=O)c2cccc(F)c2Cl)CC1N. The van der Waals surface area contributed by atoms with Gasteiger partial charge in [-0.2, -0.15) is 0 Å². The Morgan fingerprint density at radius 3 is 2.82 bits per heavy atom. The van der Waals surface area contributed by atoms with Crippen molar-refractivity contribution in [2.45, 2.75) is 13.0 Å².